The monoisotopic (exact) mass is 355 g/mol. The quantitative estimate of drug-likeness (QED) is 0.667. The fourth-order valence-electron chi connectivity index (χ4n) is 2.94. The zero-order valence-corrected chi connectivity index (χ0v) is 13.4. The van der Waals surface area contributed by atoms with Gasteiger partial charge >= 0.3 is 6.18 Å². The van der Waals surface area contributed by atoms with Gasteiger partial charge in [-0.25, -0.2) is 4.99 Å². The van der Waals surface area contributed by atoms with Crippen molar-refractivity contribution in [2.75, 3.05) is 0 Å². The Morgan fingerprint density at radius 2 is 1.46 bits per heavy atom. The number of alkyl halides is 3. The van der Waals surface area contributed by atoms with Gasteiger partial charge in [-0.15, -0.1) is 0 Å². The summed E-state index contributed by atoms with van der Waals surface area (Å²) in [7, 11) is 0. The Morgan fingerprint density at radius 3 is 2.04 bits per heavy atom. The molecule has 3 aromatic rings. The maximum absolute atomic E-state index is 13.5. The smallest absolute Gasteiger partial charge is 0.272 e. The van der Waals surface area contributed by atoms with Crippen molar-refractivity contribution in [3.63, 3.8) is 0 Å². The van der Waals surface area contributed by atoms with Crippen molar-refractivity contribution < 1.29 is 18.0 Å². The van der Waals surface area contributed by atoms with Crippen LogP contribution in [-0.2, 0) is 6.18 Å². The van der Waals surface area contributed by atoms with Gasteiger partial charge < -0.3 is 0 Å². The van der Waals surface area contributed by atoms with Gasteiger partial charge in [0, 0.05) is 0 Å². The van der Waals surface area contributed by atoms with Gasteiger partial charge in [0.25, 0.3) is 5.91 Å². The molecule has 0 aliphatic carbocycles. The number of halogens is 3. The highest BCUT2D eigenvalue weighted by molar-refractivity contribution is 6.15. The van der Waals surface area contributed by atoms with Crippen LogP contribution in [0.15, 0.2) is 65.7 Å². The largest absolute Gasteiger partial charge is 0.435 e. The van der Waals surface area contributed by atoms with Gasteiger partial charge in [0.05, 0.1) is 17.7 Å². The van der Waals surface area contributed by atoms with Crippen LogP contribution in [0.5, 0.6) is 0 Å². The second-order valence-electron chi connectivity index (χ2n) is 5.82. The molecule has 0 unspecified atom stereocenters. The first-order valence-corrected chi connectivity index (χ1v) is 7.87. The van der Waals surface area contributed by atoms with Crippen molar-refractivity contribution in [1.82, 2.24) is 9.78 Å². The maximum Gasteiger partial charge on any atom is 0.435 e. The van der Waals surface area contributed by atoms with E-state index in [9.17, 15) is 18.0 Å². The lowest BCUT2D eigenvalue weighted by Gasteiger charge is -2.14. The minimum Gasteiger partial charge on any atom is -0.272 e. The number of benzene rings is 2. The van der Waals surface area contributed by atoms with Crippen LogP contribution in [0.4, 0.5) is 19.0 Å². The Labute approximate surface area is 146 Å². The van der Waals surface area contributed by atoms with E-state index in [1.165, 1.54) is 0 Å². The molecule has 4 nitrogen and oxygen atoms in total. The Morgan fingerprint density at radius 1 is 0.885 bits per heavy atom. The summed E-state index contributed by atoms with van der Waals surface area (Å²) in [6.07, 6.45) is -4.80. The molecule has 4 rings (SSSR count). The molecule has 0 saturated carbocycles. The molecule has 0 atom stereocenters. The summed E-state index contributed by atoms with van der Waals surface area (Å²) in [5.74, 6) is -0.625. The molecule has 7 heteroatoms. The summed E-state index contributed by atoms with van der Waals surface area (Å²) in [5, 5.41) is 3.54. The molecule has 1 aliphatic heterocycles. The van der Waals surface area contributed by atoms with E-state index in [4.69, 9.17) is 0 Å². The Balaban J connectivity index is 1.99. The van der Waals surface area contributed by atoms with Crippen LogP contribution in [0.1, 0.15) is 22.5 Å². The molecule has 26 heavy (non-hydrogen) atoms. The molecule has 0 amide bonds. The van der Waals surface area contributed by atoms with Crippen LogP contribution in [0, 0.1) is 0 Å². The van der Waals surface area contributed by atoms with E-state index in [2.05, 4.69) is 10.1 Å². The standard InChI is InChI=1S/C19H12F3N3O/c20-19(21,22)17-16(13-9-5-2-6-10-13)18-23-14(11-15(26)25(18)24-17)12-7-3-1-4-8-12/h1-10H,11H2. The molecule has 130 valence electrons. The van der Waals surface area contributed by atoms with E-state index in [-0.39, 0.29) is 17.8 Å². The zero-order valence-electron chi connectivity index (χ0n) is 13.4. The number of aromatic nitrogens is 2. The van der Waals surface area contributed by atoms with E-state index in [0.717, 1.165) is 4.68 Å². The number of carbonyl (C=O) groups is 1. The van der Waals surface area contributed by atoms with Gasteiger partial charge in [-0.3, -0.25) is 4.79 Å². The molecule has 1 aliphatic rings. The van der Waals surface area contributed by atoms with E-state index < -0.39 is 17.8 Å². The molecule has 2 heterocycles. The van der Waals surface area contributed by atoms with Gasteiger partial charge in [0.1, 0.15) is 0 Å². The molecule has 0 fully saturated rings. The molecule has 0 N–H and O–H groups in total. The number of hydrogen-bond acceptors (Lipinski definition) is 3. The maximum atomic E-state index is 13.5. The van der Waals surface area contributed by atoms with E-state index in [1.807, 2.05) is 6.07 Å². The average molecular weight is 355 g/mol. The summed E-state index contributed by atoms with van der Waals surface area (Å²) in [6, 6.07) is 17.0. The van der Waals surface area contributed by atoms with Crippen molar-refractivity contribution >= 4 is 17.4 Å². The predicted octanol–water partition coefficient (Wildman–Crippen LogP) is 4.73. The van der Waals surface area contributed by atoms with Crippen LogP contribution in [0.2, 0.25) is 0 Å². The molecule has 0 spiro atoms. The minimum absolute atomic E-state index is 0.0846. The number of nitrogens with zero attached hydrogens (tertiary/aromatic N) is 3. The van der Waals surface area contributed by atoms with Crippen molar-refractivity contribution in [2.45, 2.75) is 12.6 Å². The molecule has 0 bridgehead atoms. The van der Waals surface area contributed by atoms with E-state index in [1.54, 1.807) is 54.6 Å². The second-order valence-corrected chi connectivity index (χ2v) is 5.82. The lowest BCUT2D eigenvalue weighted by molar-refractivity contribution is -0.140. The topological polar surface area (TPSA) is 47.2 Å². The number of rotatable bonds is 2. The highest BCUT2D eigenvalue weighted by Crippen LogP contribution is 2.43. The van der Waals surface area contributed by atoms with Crippen LogP contribution in [0.3, 0.4) is 0 Å². The molecule has 0 radical (unpaired) electrons. The number of hydrogen-bond donors (Lipinski definition) is 0. The van der Waals surface area contributed by atoms with Gasteiger partial charge in [-0.05, 0) is 11.1 Å². The molecular weight excluding hydrogens is 343 g/mol. The summed E-state index contributed by atoms with van der Waals surface area (Å²) in [5.41, 5.74) is 0.145. The summed E-state index contributed by atoms with van der Waals surface area (Å²) >= 11 is 0. The van der Waals surface area contributed by atoms with Gasteiger partial charge in [0.2, 0.25) is 0 Å². The number of fused-ring (bicyclic) bond motifs is 1. The summed E-state index contributed by atoms with van der Waals surface area (Å²) in [6.45, 7) is 0. The summed E-state index contributed by atoms with van der Waals surface area (Å²) in [4.78, 5) is 16.8. The lowest BCUT2D eigenvalue weighted by atomic mass is 10.0. The van der Waals surface area contributed by atoms with Crippen LogP contribution in [0.25, 0.3) is 11.1 Å². The number of aliphatic imine (C=N–C) groups is 1. The first-order valence-electron chi connectivity index (χ1n) is 7.87. The molecule has 0 saturated heterocycles. The fraction of sp³-hybridized carbons (Fsp3) is 0.105. The lowest BCUT2D eigenvalue weighted by Crippen LogP contribution is -2.22. The average Bonchev–Trinajstić information content (AvgIpc) is 3.04. The Kier molecular flexibility index (Phi) is 3.72. The van der Waals surface area contributed by atoms with Crippen molar-refractivity contribution in [3.05, 3.63) is 71.9 Å². The third-order valence-electron chi connectivity index (χ3n) is 4.09. The van der Waals surface area contributed by atoms with E-state index in [0.29, 0.717) is 16.8 Å². The second kappa shape index (κ2) is 5.94. The Hall–Kier alpha value is -3.22. The number of carbonyl (C=O) groups excluding carboxylic acids is 1. The Bertz CT molecular complexity index is 1010. The van der Waals surface area contributed by atoms with Crippen LogP contribution < -0.4 is 0 Å². The molecule has 1 aromatic heterocycles. The van der Waals surface area contributed by atoms with Crippen molar-refractivity contribution in [3.8, 4) is 11.1 Å². The molecular formula is C19H12F3N3O. The normalized spacial score (nSPS) is 14.1. The zero-order chi connectivity index (χ0) is 18.3. The van der Waals surface area contributed by atoms with Crippen LogP contribution >= 0.6 is 0 Å². The van der Waals surface area contributed by atoms with Crippen molar-refractivity contribution in [1.29, 1.82) is 0 Å². The van der Waals surface area contributed by atoms with Crippen LogP contribution in [-0.4, -0.2) is 21.4 Å². The highest BCUT2D eigenvalue weighted by atomic mass is 19.4. The SMILES string of the molecule is O=C1CC(c2ccccc2)=Nc2c(-c3ccccc3)c(C(F)(F)F)nn21. The van der Waals surface area contributed by atoms with E-state index >= 15 is 0 Å². The summed E-state index contributed by atoms with van der Waals surface area (Å²) < 4.78 is 41.4. The third-order valence-corrected chi connectivity index (χ3v) is 4.09. The van der Waals surface area contributed by atoms with Gasteiger partial charge in [-0.1, -0.05) is 60.7 Å². The third kappa shape index (κ3) is 2.71. The minimum atomic E-state index is -4.70. The highest BCUT2D eigenvalue weighted by Gasteiger charge is 2.41. The van der Waals surface area contributed by atoms with Gasteiger partial charge in [-0.2, -0.15) is 23.0 Å². The fourth-order valence-corrected chi connectivity index (χ4v) is 2.94. The van der Waals surface area contributed by atoms with Crippen molar-refractivity contribution in [2.24, 2.45) is 4.99 Å². The first-order chi connectivity index (χ1) is 12.4. The molecule has 2 aromatic carbocycles. The van der Waals surface area contributed by atoms with Gasteiger partial charge in [0.15, 0.2) is 11.5 Å². The first kappa shape index (κ1) is 16.3. The predicted molar refractivity (Wildman–Crippen MR) is 90.5 cm³/mol.